The molecule has 1 aliphatic carbocycles. The summed E-state index contributed by atoms with van der Waals surface area (Å²) in [4.78, 5) is 220. The summed E-state index contributed by atoms with van der Waals surface area (Å²) in [5.74, 6) is -11.2. The van der Waals surface area contributed by atoms with Crippen molar-refractivity contribution in [2.24, 2.45) is 5.73 Å². The monoisotopic (exact) mass is 1460 g/mol. The van der Waals surface area contributed by atoms with Gasteiger partial charge in [-0.05, 0) is 34.2 Å². The molecule has 0 aromatic heterocycles. The molecular weight excluding hydrogens is 1360 g/mol. The number of nitrogens with zero attached hydrogens (tertiary/aromatic N) is 12. The summed E-state index contributed by atoms with van der Waals surface area (Å²) in [6.07, 6.45) is -8.97. The highest BCUT2D eigenvalue weighted by Gasteiger charge is 2.48. The number of amides is 15. The largest absolute Gasteiger partial charge is 0.459 e. The van der Waals surface area contributed by atoms with E-state index >= 15 is 0 Å². The van der Waals surface area contributed by atoms with Crippen molar-refractivity contribution in [2.75, 3.05) is 170 Å². The molecule has 1 heterocycles. The van der Waals surface area contributed by atoms with Gasteiger partial charge in [-0.15, -0.1) is 0 Å². The summed E-state index contributed by atoms with van der Waals surface area (Å²) in [7, 11) is 15.3. The number of likely N-dealkylation sites (N-methyl/N-ethyl adjacent to an activating group) is 12. The summed E-state index contributed by atoms with van der Waals surface area (Å²) in [5, 5.41) is 26.7. The van der Waals surface area contributed by atoms with Crippen LogP contribution in [0, 0.1) is 0 Å². The minimum absolute atomic E-state index is 0.0718. The van der Waals surface area contributed by atoms with E-state index in [1.807, 2.05) is 48.5 Å². The first-order chi connectivity index (χ1) is 48.9. The first kappa shape index (κ1) is 83.5. The first-order valence-electron chi connectivity index (χ1n) is 32.7. The summed E-state index contributed by atoms with van der Waals surface area (Å²) in [5.41, 5.74) is 9.67. The van der Waals surface area contributed by atoms with E-state index in [1.165, 1.54) is 84.6 Å². The van der Waals surface area contributed by atoms with E-state index in [0.29, 0.717) is 5.56 Å². The van der Waals surface area contributed by atoms with Crippen LogP contribution >= 0.6 is 0 Å². The second-order valence-electron chi connectivity index (χ2n) is 25.6. The van der Waals surface area contributed by atoms with Gasteiger partial charge in [0, 0.05) is 96.9 Å². The molecule has 1 fully saturated rings. The Morgan fingerprint density at radius 1 is 0.423 bits per heavy atom. The minimum Gasteiger partial charge on any atom is -0.459 e. The van der Waals surface area contributed by atoms with Crippen molar-refractivity contribution in [1.82, 2.24) is 69.4 Å². The zero-order valence-electron chi connectivity index (χ0n) is 60.4. The fourth-order valence-corrected chi connectivity index (χ4v) is 10.4. The van der Waals surface area contributed by atoms with Crippen molar-refractivity contribution in [2.45, 2.75) is 55.9 Å². The van der Waals surface area contributed by atoms with Crippen LogP contribution in [0.4, 0.5) is 4.79 Å². The van der Waals surface area contributed by atoms with Gasteiger partial charge < -0.3 is 99.6 Å². The molecule has 3 aromatic carbocycles. The maximum atomic E-state index is 13.6. The Morgan fingerprint density at radius 3 is 1.09 bits per heavy atom. The number of hydrogen-bond acceptors (Lipinski definition) is 21. The van der Waals surface area contributed by atoms with Gasteiger partial charge >= 0.3 is 12.1 Å². The van der Waals surface area contributed by atoms with E-state index in [0.717, 1.165) is 81.1 Å². The van der Waals surface area contributed by atoms with Crippen LogP contribution in [0.3, 0.4) is 0 Å². The van der Waals surface area contributed by atoms with E-state index in [4.69, 9.17) is 19.9 Å². The fraction of sp³-hybridized carbons (Fsp3) is 0.500. The van der Waals surface area contributed by atoms with E-state index in [-0.39, 0.29) is 32.1 Å². The predicted molar refractivity (Wildman–Crippen MR) is 367 cm³/mol. The number of rotatable bonds is 35. The Bertz CT molecular complexity index is 3630. The molecule has 36 heteroatoms. The summed E-state index contributed by atoms with van der Waals surface area (Å²) >= 11 is 0. The van der Waals surface area contributed by atoms with Crippen LogP contribution in [0.15, 0.2) is 78.9 Å². The smallest absolute Gasteiger partial charge is 0.407 e. The van der Waals surface area contributed by atoms with E-state index in [2.05, 4.69) is 10.6 Å². The standard InChI is InChI=1S/C68H93N15O21/c1-72(28-49(69)84)51(86)29-73(2)52(87)30-74(3)53(88)31-75(4)54(89)32-76(5)55(90)33-77(6)56(91)34-78(7)57(92)35-79(8)58(93)36-80(9)59(94)37-81(10)60(95)38-82(11)61(96)39-83(12)66(99)64-62(97)63(98)65(104-64)71-50(85)27-26-48(67(100)102-40-42-20-14-13-15-21-42)70-68(101)103-41-47-45-24-18-16-22-43(45)44-23-17-19-25-46(44)47/h13-25,47-48,62-65,97-98H,26-41H2,1-12H3,(H2,69,84)(H,70,101)(H,71,85)/t48-,62-,63+,64-,65?/m0/s1. The van der Waals surface area contributed by atoms with Crippen molar-refractivity contribution < 1.29 is 101 Å². The van der Waals surface area contributed by atoms with Crippen molar-refractivity contribution in [3.63, 3.8) is 0 Å². The molecule has 6 N–H and O–H groups in total. The third-order valence-electron chi connectivity index (χ3n) is 17.2. The highest BCUT2D eigenvalue weighted by atomic mass is 16.6. The van der Waals surface area contributed by atoms with Gasteiger partial charge in [-0.1, -0.05) is 78.9 Å². The van der Waals surface area contributed by atoms with Gasteiger partial charge in [0.25, 0.3) is 5.91 Å². The lowest BCUT2D eigenvalue weighted by Crippen LogP contribution is -2.50. The van der Waals surface area contributed by atoms with Gasteiger partial charge in [-0.2, -0.15) is 0 Å². The molecule has 5 atom stereocenters. The number of hydrogen-bond donors (Lipinski definition) is 5. The molecular formula is C68H93N15O21. The van der Waals surface area contributed by atoms with Gasteiger partial charge in [-0.3, -0.25) is 67.1 Å². The van der Waals surface area contributed by atoms with Crippen LogP contribution < -0.4 is 16.4 Å². The van der Waals surface area contributed by atoms with Crippen molar-refractivity contribution >= 4 is 94.8 Å². The number of nitrogens with two attached hydrogens (primary N) is 1. The molecule has 1 unspecified atom stereocenters. The Kier molecular flexibility index (Phi) is 31.1. The molecule has 5 rings (SSSR count). The number of alkyl carbamates (subject to hydrolysis) is 1. The van der Waals surface area contributed by atoms with Crippen LogP contribution in [0.2, 0.25) is 0 Å². The topological polar surface area (TPSA) is 430 Å². The van der Waals surface area contributed by atoms with E-state index in [9.17, 15) is 86.9 Å². The SMILES string of the molecule is CN(CC(N)=O)C(=O)CN(C)C(=O)CN(C)C(=O)CN(C)C(=O)CN(C)C(=O)CN(C)C(=O)CN(C)C(=O)CN(C)C(=O)CN(C)C(=O)CN(C)C(=O)CN(C)C(=O)CN(C)C(=O)[C@H]1OC(NC(=O)CC[C@H](NC(=O)OCC2c3ccccc3-c3ccccc32)C(=O)OCc2ccccc2)[C@H](O)[C@@H]1O. The average Bonchev–Trinajstić information content (AvgIpc) is 1.62. The Labute approximate surface area is 601 Å². The molecule has 1 aliphatic heterocycles. The lowest BCUT2D eigenvalue weighted by Gasteiger charge is -2.28. The van der Waals surface area contributed by atoms with Gasteiger partial charge in [0.15, 0.2) is 12.3 Å². The molecule has 15 amide bonds. The van der Waals surface area contributed by atoms with E-state index < -0.39 is 204 Å². The number of fused-ring (bicyclic) bond motifs is 3. The molecule has 0 bridgehead atoms. The predicted octanol–water partition coefficient (Wildman–Crippen LogP) is -5.03. The highest BCUT2D eigenvalue weighted by Crippen LogP contribution is 2.44. The number of aliphatic hydroxyl groups excluding tert-OH is 2. The summed E-state index contributed by atoms with van der Waals surface area (Å²) < 4.78 is 16.7. The van der Waals surface area contributed by atoms with E-state index in [1.54, 1.807) is 30.3 Å². The van der Waals surface area contributed by atoms with Gasteiger partial charge in [0.05, 0.1) is 78.5 Å². The third kappa shape index (κ3) is 24.3. The molecule has 104 heavy (non-hydrogen) atoms. The molecule has 0 spiro atoms. The number of benzene rings is 3. The molecule has 0 radical (unpaired) electrons. The number of nitrogens with one attached hydrogen (secondary N) is 2. The average molecular weight is 1460 g/mol. The molecule has 3 aromatic rings. The molecule has 2 aliphatic rings. The zero-order valence-corrected chi connectivity index (χ0v) is 60.4. The van der Waals surface area contributed by atoms with Gasteiger partial charge in [0.1, 0.15) is 31.5 Å². The number of ether oxygens (including phenoxy) is 3. The molecule has 1 saturated heterocycles. The van der Waals surface area contributed by atoms with Crippen molar-refractivity contribution in [1.29, 1.82) is 0 Å². The Hall–Kier alpha value is -11.1. The first-order valence-corrected chi connectivity index (χ1v) is 32.7. The highest BCUT2D eigenvalue weighted by molar-refractivity contribution is 5.95. The number of primary amides is 1. The van der Waals surface area contributed by atoms with Gasteiger partial charge in [-0.25, -0.2) is 9.59 Å². The normalized spacial score (nSPS) is 15.0. The van der Waals surface area contributed by atoms with Crippen molar-refractivity contribution in [3.8, 4) is 11.1 Å². The lowest BCUT2D eigenvalue weighted by molar-refractivity contribution is -0.151. The molecule has 36 nitrogen and oxygen atoms in total. The second kappa shape index (κ2) is 38.8. The Morgan fingerprint density at radius 2 is 0.740 bits per heavy atom. The maximum absolute atomic E-state index is 13.6. The van der Waals surface area contributed by atoms with Crippen LogP contribution in [-0.2, 0) is 92.7 Å². The molecule has 0 saturated carbocycles. The summed E-state index contributed by atoms with van der Waals surface area (Å²) in [6.45, 7) is -6.38. The van der Waals surface area contributed by atoms with Crippen LogP contribution in [0.1, 0.15) is 35.4 Å². The van der Waals surface area contributed by atoms with Crippen LogP contribution in [-0.4, -0.2) is 364 Å². The third-order valence-corrected chi connectivity index (χ3v) is 17.2. The number of carbonyl (C=O) groups is 16. The maximum Gasteiger partial charge on any atom is 0.407 e. The van der Waals surface area contributed by atoms with Crippen LogP contribution in [0.25, 0.3) is 11.1 Å². The Balaban J connectivity index is 0.996. The zero-order chi connectivity index (χ0) is 77.6. The summed E-state index contributed by atoms with van der Waals surface area (Å²) in [6, 6.07) is 22.8. The lowest BCUT2D eigenvalue weighted by atomic mass is 9.98. The number of aliphatic hydroxyl groups is 2. The van der Waals surface area contributed by atoms with Gasteiger partial charge in [0.2, 0.25) is 76.8 Å². The van der Waals surface area contributed by atoms with Crippen LogP contribution in [0.5, 0.6) is 0 Å². The number of esters is 1. The second-order valence-corrected chi connectivity index (χ2v) is 25.6. The quantitative estimate of drug-likeness (QED) is 0.0344. The number of carbonyl (C=O) groups excluding carboxylic acids is 16. The minimum atomic E-state index is -1.91. The van der Waals surface area contributed by atoms with Crippen molar-refractivity contribution in [3.05, 3.63) is 95.6 Å². The molecule has 566 valence electrons. The fourth-order valence-electron chi connectivity index (χ4n) is 10.4.